The van der Waals surface area contributed by atoms with Gasteiger partial charge in [-0.1, -0.05) is 30.3 Å². The number of rotatable bonds is 7. The predicted octanol–water partition coefficient (Wildman–Crippen LogP) is 4.58. The molecule has 0 aliphatic carbocycles. The van der Waals surface area contributed by atoms with E-state index < -0.39 is 0 Å². The van der Waals surface area contributed by atoms with Crippen LogP contribution in [-0.2, 0) is 11.2 Å². The normalized spacial score (nSPS) is 13.6. The number of unbranched alkanes of at least 4 members (excludes halogenated alkanes) is 1. The molecule has 0 aromatic heterocycles. The van der Waals surface area contributed by atoms with Crippen LogP contribution in [0.4, 0.5) is 5.69 Å². The van der Waals surface area contributed by atoms with Crippen LogP contribution in [0.25, 0.3) is 0 Å². The number of hydrogen-bond donors (Lipinski definition) is 1. The lowest BCUT2D eigenvalue weighted by atomic mass is 10.1. The minimum absolute atomic E-state index is 0.0322. The second kappa shape index (κ2) is 9.36. The molecule has 27 heavy (non-hydrogen) atoms. The Morgan fingerprint density at radius 2 is 1.74 bits per heavy atom. The molecule has 1 aliphatic rings. The number of likely N-dealkylation sites (tertiary alicyclic amines) is 1. The van der Waals surface area contributed by atoms with Crippen molar-refractivity contribution in [3.05, 3.63) is 65.2 Å². The van der Waals surface area contributed by atoms with Gasteiger partial charge in [0.2, 0.25) is 5.91 Å². The summed E-state index contributed by atoms with van der Waals surface area (Å²) in [6, 6.07) is 15.9. The molecule has 0 atom stereocenters. The minimum atomic E-state index is 0.0322. The number of nitrogens with one attached hydrogen (secondary N) is 1. The monoisotopic (exact) mass is 364 g/mol. The van der Waals surface area contributed by atoms with E-state index in [0.29, 0.717) is 12.0 Å². The smallest absolute Gasteiger partial charge is 0.253 e. The first-order valence-corrected chi connectivity index (χ1v) is 9.87. The molecule has 142 valence electrons. The van der Waals surface area contributed by atoms with Crippen molar-refractivity contribution in [3.63, 3.8) is 0 Å². The maximum absolute atomic E-state index is 12.5. The van der Waals surface area contributed by atoms with Crippen LogP contribution in [0.2, 0.25) is 0 Å². The average molecular weight is 364 g/mol. The predicted molar refractivity (Wildman–Crippen MR) is 109 cm³/mol. The number of benzene rings is 2. The highest BCUT2D eigenvalue weighted by Gasteiger charge is 2.19. The maximum atomic E-state index is 12.5. The number of amides is 2. The van der Waals surface area contributed by atoms with Gasteiger partial charge in [0.25, 0.3) is 5.91 Å². The van der Waals surface area contributed by atoms with E-state index >= 15 is 0 Å². The Morgan fingerprint density at radius 3 is 2.44 bits per heavy atom. The molecule has 4 heteroatoms. The third-order valence-corrected chi connectivity index (χ3v) is 5.10. The molecule has 0 spiro atoms. The van der Waals surface area contributed by atoms with Gasteiger partial charge in [0.1, 0.15) is 0 Å². The lowest BCUT2D eigenvalue weighted by molar-refractivity contribution is -0.116. The highest BCUT2D eigenvalue weighted by Crippen LogP contribution is 2.20. The fourth-order valence-electron chi connectivity index (χ4n) is 3.51. The van der Waals surface area contributed by atoms with Crippen molar-refractivity contribution >= 4 is 17.5 Å². The maximum Gasteiger partial charge on any atom is 0.253 e. The summed E-state index contributed by atoms with van der Waals surface area (Å²) in [4.78, 5) is 26.6. The van der Waals surface area contributed by atoms with E-state index in [4.69, 9.17) is 0 Å². The SMILES string of the molecule is Cc1cc(C(=O)N2CCCC2)ccc1NC(=O)CCCCc1ccccc1. The lowest BCUT2D eigenvalue weighted by Gasteiger charge is -2.16. The Balaban J connectivity index is 1.46. The number of carbonyl (C=O) groups is 2. The van der Waals surface area contributed by atoms with Crippen molar-refractivity contribution in [2.75, 3.05) is 18.4 Å². The van der Waals surface area contributed by atoms with Crippen molar-refractivity contribution in [1.29, 1.82) is 0 Å². The van der Waals surface area contributed by atoms with Crippen molar-refractivity contribution in [2.24, 2.45) is 0 Å². The van der Waals surface area contributed by atoms with Crippen molar-refractivity contribution in [1.82, 2.24) is 4.90 Å². The van der Waals surface area contributed by atoms with Gasteiger partial charge in [0.05, 0.1) is 0 Å². The minimum Gasteiger partial charge on any atom is -0.339 e. The largest absolute Gasteiger partial charge is 0.339 e. The van der Waals surface area contributed by atoms with Crippen LogP contribution >= 0.6 is 0 Å². The fourth-order valence-corrected chi connectivity index (χ4v) is 3.51. The molecule has 0 unspecified atom stereocenters. The van der Waals surface area contributed by atoms with Gasteiger partial charge in [0.15, 0.2) is 0 Å². The van der Waals surface area contributed by atoms with Gasteiger partial charge >= 0.3 is 0 Å². The van der Waals surface area contributed by atoms with Gasteiger partial charge in [-0.25, -0.2) is 0 Å². The van der Waals surface area contributed by atoms with E-state index in [1.54, 1.807) is 0 Å². The number of aryl methyl sites for hydroxylation is 2. The summed E-state index contributed by atoms with van der Waals surface area (Å²) in [5, 5.41) is 2.98. The number of nitrogens with zero attached hydrogens (tertiary/aromatic N) is 1. The molecule has 1 N–H and O–H groups in total. The topological polar surface area (TPSA) is 49.4 Å². The van der Waals surface area contributed by atoms with E-state index in [1.165, 1.54) is 5.56 Å². The average Bonchev–Trinajstić information content (AvgIpc) is 3.22. The fraction of sp³-hybridized carbons (Fsp3) is 0.391. The van der Waals surface area contributed by atoms with Crippen LogP contribution in [-0.4, -0.2) is 29.8 Å². The molecule has 0 saturated carbocycles. The molecule has 1 saturated heterocycles. The van der Waals surface area contributed by atoms with Crippen molar-refractivity contribution < 1.29 is 9.59 Å². The van der Waals surface area contributed by atoms with Crippen LogP contribution in [0.5, 0.6) is 0 Å². The third kappa shape index (κ3) is 5.43. The third-order valence-electron chi connectivity index (χ3n) is 5.10. The first kappa shape index (κ1) is 19.2. The molecule has 1 heterocycles. The van der Waals surface area contributed by atoms with Gasteiger partial charge < -0.3 is 10.2 Å². The Labute approximate surface area is 161 Å². The van der Waals surface area contributed by atoms with Gasteiger partial charge in [-0.15, -0.1) is 0 Å². The zero-order chi connectivity index (χ0) is 19.1. The second-order valence-corrected chi connectivity index (χ2v) is 7.27. The summed E-state index contributed by atoms with van der Waals surface area (Å²) < 4.78 is 0. The van der Waals surface area contributed by atoms with Crippen LogP contribution in [0.15, 0.2) is 48.5 Å². The van der Waals surface area contributed by atoms with E-state index in [1.807, 2.05) is 48.2 Å². The second-order valence-electron chi connectivity index (χ2n) is 7.27. The Morgan fingerprint density at radius 1 is 1.00 bits per heavy atom. The summed E-state index contributed by atoms with van der Waals surface area (Å²) in [5.74, 6) is 0.124. The number of carbonyl (C=O) groups excluding carboxylic acids is 2. The first-order valence-electron chi connectivity index (χ1n) is 9.87. The summed E-state index contributed by atoms with van der Waals surface area (Å²) >= 11 is 0. The molecular formula is C23H28N2O2. The molecule has 0 bridgehead atoms. The molecule has 1 aliphatic heterocycles. The molecule has 2 aromatic carbocycles. The number of hydrogen-bond acceptors (Lipinski definition) is 2. The van der Waals surface area contributed by atoms with Crippen molar-refractivity contribution in [2.45, 2.75) is 45.4 Å². The van der Waals surface area contributed by atoms with Crippen molar-refractivity contribution in [3.8, 4) is 0 Å². The van der Waals surface area contributed by atoms with Crippen LogP contribution in [0.3, 0.4) is 0 Å². The summed E-state index contributed by atoms with van der Waals surface area (Å²) in [7, 11) is 0. The molecule has 2 amide bonds. The Kier molecular flexibility index (Phi) is 6.64. The first-order chi connectivity index (χ1) is 13.1. The summed E-state index contributed by atoms with van der Waals surface area (Å²) in [6.45, 7) is 3.63. The van der Waals surface area contributed by atoms with Crippen LogP contribution < -0.4 is 5.32 Å². The van der Waals surface area contributed by atoms with Crippen LogP contribution in [0, 0.1) is 6.92 Å². The molecule has 1 fully saturated rings. The van der Waals surface area contributed by atoms with E-state index in [2.05, 4.69) is 17.4 Å². The molecule has 4 nitrogen and oxygen atoms in total. The van der Waals surface area contributed by atoms with Gasteiger partial charge in [-0.3, -0.25) is 9.59 Å². The van der Waals surface area contributed by atoms with Gasteiger partial charge in [0, 0.05) is 30.8 Å². The Bertz CT molecular complexity index is 780. The highest BCUT2D eigenvalue weighted by atomic mass is 16.2. The standard InChI is InChI=1S/C23H28N2O2/c1-18-17-20(23(27)25-15-7-8-16-25)13-14-21(18)24-22(26)12-6-5-11-19-9-3-2-4-10-19/h2-4,9-10,13-14,17H,5-8,11-12,15-16H2,1H3,(H,24,26). The zero-order valence-electron chi connectivity index (χ0n) is 16.0. The molecule has 2 aromatic rings. The number of anilines is 1. The van der Waals surface area contributed by atoms with Gasteiger partial charge in [-0.05, 0) is 68.4 Å². The molecular weight excluding hydrogens is 336 g/mol. The highest BCUT2D eigenvalue weighted by molar-refractivity contribution is 5.96. The Hall–Kier alpha value is -2.62. The van der Waals surface area contributed by atoms with E-state index in [9.17, 15) is 9.59 Å². The molecule has 3 rings (SSSR count). The summed E-state index contributed by atoms with van der Waals surface area (Å²) in [6.07, 6.45) is 5.55. The summed E-state index contributed by atoms with van der Waals surface area (Å²) in [5.41, 5.74) is 3.74. The quantitative estimate of drug-likeness (QED) is 0.731. The molecule has 0 radical (unpaired) electrons. The van der Waals surface area contributed by atoms with Crippen LogP contribution in [0.1, 0.15) is 53.6 Å². The van der Waals surface area contributed by atoms with E-state index in [0.717, 1.165) is 56.4 Å². The van der Waals surface area contributed by atoms with E-state index in [-0.39, 0.29) is 11.8 Å². The lowest BCUT2D eigenvalue weighted by Crippen LogP contribution is -2.27. The van der Waals surface area contributed by atoms with Gasteiger partial charge in [-0.2, -0.15) is 0 Å². The zero-order valence-corrected chi connectivity index (χ0v) is 16.0.